The molecule has 1 aromatic carbocycles. The van der Waals surface area contributed by atoms with Gasteiger partial charge in [0.2, 0.25) is 0 Å². The van der Waals surface area contributed by atoms with E-state index in [-0.39, 0.29) is 18.2 Å². The van der Waals surface area contributed by atoms with Crippen molar-refractivity contribution in [2.24, 2.45) is 0 Å². The van der Waals surface area contributed by atoms with Crippen molar-refractivity contribution < 1.29 is 9.53 Å². The van der Waals surface area contributed by atoms with Crippen molar-refractivity contribution in [3.8, 4) is 0 Å². The van der Waals surface area contributed by atoms with Crippen LogP contribution in [0.3, 0.4) is 0 Å². The average molecular weight is 299 g/mol. The molecule has 3 heteroatoms. The van der Waals surface area contributed by atoms with Crippen LogP contribution in [0.1, 0.15) is 44.6 Å². The Morgan fingerprint density at radius 3 is 2.77 bits per heavy atom. The van der Waals surface area contributed by atoms with E-state index in [9.17, 15) is 4.79 Å². The number of hydrogen-bond acceptors (Lipinski definition) is 2. The average Bonchev–Trinajstić information content (AvgIpc) is 3.20. The molecule has 1 aliphatic carbocycles. The minimum absolute atomic E-state index is 0.147. The first kappa shape index (κ1) is 15.1. The van der Waals surface area contributed by atoms with E-state index in [4.69, 9.17) is 4.74 Å². The Morgan fingerprint density at radius 2 is 2.00 bits per heavy atom. The van der Waals surface area contributed by atoms with Gasteiger partial charge in [-0.1, -0.05) is 62.6 Å². The molecule has 0 saturated carbocycles. The van der Waals surface area contributed by atoms with Gasteiger partial charge in [-0.3, -0.25) is 4.90 Å². The summed E-state index contributed by atoms with van der Waals surface area (Å²) in [6, 6.07) is 10.8. The summed E-state index contributed by atoms with van der Waals surface area (Å²) in [5, 5.41) is 0. The summed E-state index contributed by atoms with van der Waals surface area (Å²) in [5.74, 6) is 0. The second kappa shape index (κ2) is 6.99. The number of benzene rings is 1. The van der Waals surface area contributed by atoms with Crippen molar-refractivity contribution >= 4 is 6.09 Å². The van der Waals surface area contributed by atoms with Crippen molar-refractivity contribution in [1.82, 2.24) is 4.90 Å². The first-order valence-corrected chi connectivity index (χ1v) is 8.49. The molecule has 1 saturated heterocycles. The molecule has 2 aliphatic rings. The number of ether oxygens (including phenoxy) is 1. The molecule has 2 atom stereocenters. The highest BCUT2D eigenvalue weighted by molar-refractivity contribution is 5.73. The van der Waals surface area contributed by atoms with Crippen LogP contribution in [0.2, 0.25) is 0 Å². The van der Waals surface area contributed by atoms with Crippen molar-refractivity contribution in [3.63, 3.8) is 0 Å². The van der Waals surface area contributed by atoms with E-state index in [1.54, 1.807) is 0 Å². The van der Waals surface area contributed by atoms with Crippen LogP contribution < -0.4 is 0 Å². The second-order valence-electron chi connectivity index (χ2n) is 6.32. The minimum Gasteiger partial charge on any atom is -0.447 e. The van der Waals surface area contributed by atoms with E-state index in [0.29, 0.717) is 6.61 Å². The molecule has 1 fully saturated rings. The van der Waals surface area contributed by atoms with Gasteiger partial charge in [-0.15, -0.1) is 0 Å². The predicted molar refractivity (Wildman–Crippen MR) is 87.8 cm³/mol. The highest BCUT2D eigenvalue weighted by Crippen LogP contribution is 2.35. The van der Waals surface area contributed by atoms with Gasteiger partial charge >= 0.3 is 6.09 Å². The lowest BCUT2D eigenvalue weighted by molar-refractivity contribution is 0.157. The third kappa shape index (κ3) is 3.52. The molecule has 3 nitrogen and oxygen atoms in total. The molecule has 0 unspecified atom stereocenters. The van der Waals surface area contributed by atoms with Crippen molar-refractivity contribution in [2.45, 2.75) is 57.5 Å². The van der Waals surface area contributed by atoms with Crippen LogP contribution in [0.5, 0.6) is 0 Å². The lowest BCUT2D eigenvalue weighted by atomic mass is 10.1. The molecule has 1 aliphatic heterocycles. The Morgan fingerprint density at radius 1 is 1.18 bits per heavy atom. The van der Waals surface area contributed by atoms with Crippen LogP contribution in [0.15, 0.2) is 42.0 Å². The number of unbranched alkanes of at least 4 members (excludes halogenated alkanes) is 3. The molecule has 1 aromatic rings. The van der Waals surface area contributed by atoms with Crippen LogP contribution in [0, 0.1) is 0 Å². The van der Waals surface area contributed by atoms with Gasteiger partial charge in [0.25, 0.3) is 0 Å². The van der Waals surface area contributed by atoms with Crippen LogP contribution in [0.25, 0.3) is 0 Å². The number of carbonyl (C=O) groups excluding carboxylic acids is 1. The van der Waals surface area contributed by atoms with Gasteiger partial charge in [-0.05, 0) is 30.4 Å². The maximum atomic E-state index is 12.0. The van der Waals surface area contributed by atoms with E-state index >= 15 is 0 Å². The van der Waals surface area contributed by atoms with E-state index in [1.807, 2.05) is 23.1 Å². The molecule has 0 spiro atoms. The SMILES string of the molecule is CCCCCCC1=C[C@@H]1N1C(=O)OC[C@@H]1Cc1ccccc1. The van der Waals surface area contributed by atoms with E-state index < -0.39 is 0 Å². The summed E-state index contributed by atoms with van der Waals surface area (Å²) in [6.07, 6.45) is 9.19. The summed E-state index contributed by atoms with van der Waals surface area (Å²) in [4.78, 5) is 14.0. The number of carbonyl (C=O) groups is 1. The topological polar surface area (TPSA) is 29.5 Å². The van der Waals surface area contributed by atoms with Crippen molar-refractivity contribution in [2.75, 3.05) is 6.61 Å². The number of amides is 1. The van der Waals surface area contributed by atoms with Crippen LogP contribution in [-0.4, -0.2) is 29.7 Å². The molecule has 0 aromatic heterocycles. The molecule has 22 heavy (non-hydrogen) atoms. The fraction of sp³-hybridized carbons (Fsp3) is 0.526. The van der Waals surface area contributed by atoms with Gasteiger partial charge in [0.05, 0.1) is 12.1 Å². The first-order chi connectivity index (χ1) is 10.8. The maximum Gasteiger partial charge on any atom is 0.410 e. The van der Waals surface area contributed by atoms with Crippen LogP contribution in [0.4, 0.5) is 4.79 Å². The Bertz CT molecular complexity index is 538. The van der Waals surface area contributed by atoms with Gasteiger partial charge in [0.1, 0.15) is 6.61 Å². The summed E-state index contributed by atoms with van der Waals surface area (Å²) in [5.41, 5.74) is 2.69. The number of hydrogen-bond donors (Lipinski definition) is 0. The molecule has 1 amide bonds. The number of rotatable bonds is 8. The van der Waals surface area contributed by atoms with Gasteiger partial charge < -0.3 is 4.74 Å². The van der Waals surface area contributed by atoms with Gasteiger partial charge in [-0.2, -0.15) is 0 Å². The standard InChI is InChI=1S/C19H25NO2/c1-2-3-4-8-11-16-13-18(16)20-17(14-22-19(20)21)12-15-9-6-5-7-10-15/h5-7,9-10,13,17-18H,2-4,8,11-12,14H2,1H3/t17-,18-/m0/s1. The third-order valence-electron chi connectivity index (χ3n) is 4.58. The maximum absolute atomic E-state index is 12.0. The van der Waals surface area contributed by atoms with E-state index in [1.165, 1.54) is 36.8 Å². The fourth-order valence-corrected chi connectivity index (χ4v) is 3.26. The van der Waals surface area contributed by atoms with E-state index in [2.05, 4.69) is 25.1 Å². The monoisotopic (exact) mass is 299 g/mol. The third-order valence-corrected chi connectivity index (χ3v) is 4.58. The summed E-state index contributed by atoms with van der Waals surface area (Å²) >= 11 is 0. The summed E-state index contributed by atoms with van der Waals surface area (Å²) in [7, 11) is 0. The zero-order valence-corrected chi connectivity index (χ0v) is 13.3. The molecule has 0 bridgehead atoms. The molecule has 0 radical (unpaired) electrons. The second-order valence-corrected chi connectivity index (χ2v) is 6.32. The van der Waals surface area contributed by atoms with Gasteiger partial charge in [0.15, 0.2) is 0 Å². The van der Waals surface area contributed by atoms with Crippen LogP contribution >= 0.6 is 0 Å². The number of nitrogens with zero attached hydrogens (tertiary/aromatic N) is 1. The van der Waals surface area contributed by atoms with Gasteiger partial charge in [0, 0.05) is 0 Å². The summed E-state index contributed by atoms with van der Waals surface area (Å²) in [6.45, 7) is 2.74. The molecule has 3 rings (SSSR count). The lowest BCUT2D eigenvalue weighted by Crippen LogP contribution is -2.38. The Labute approximate surface area is 133 Å². The Balaban J connectivity index is 1.52. The predicted octanol–water partition coefficient (Wildman–Crippen LogP) is 4.33. The smallest absolute Gasteiger partial charge is 0.410 e. The quantitative estimate of drug-likeness (QED) is 0.528. The number of cyclic esters (lactones) is 1. The highest BCUT2D eigenvalue weighted by Gasteiger charge is 2.43. The normalized spacial score (nSPS) is 23.4. The highest BCUT2D eigenvalue weighted by atomic mass is 16.6. The van der Waals surface area contributed by atoms with Crippen molar-refractivity contribution in [1.29, 1.82) is 0 Å². The Kier molecular flexibility index (Phi) is 4.81. The van der Waals surface area contributed by atoms with E-state index in [0.717, 1.165) is 12.8 Å². The minimum atomic E-state index is -0.147. The van der Waals surface area contributed by atoms with Crippen LogP contribution in [-0.2, 0) is 11.2 Å². The molecular formula is C19H25NO2. The first-order valence-electron chi connectivity index (χ1n) is 8.49. The molecule has 0 N–H and O–H groups in total. The zero-order valence-electron chi connectivity index (χ0n) is 13.3. The molecule has 1 heterocycles. The lowest BCUT2D eigenvalue weighted by Gasteiger charge is -2.22. The summed E-state index contributed by atoms with van der Waals surface area (Å²) < 4.78 is 5.30. The fourth-order valence-electron chi connectivity index (χ4n) is 3.26. The molecular weight excluding hydrogens is 274 g/mol. The largest absolute Gasteiger partial charge is 0.447 e. The van der Waals surface area contributed by atoms with Gasteiger partial charge in [-0.25, -0.2) is 4.79 Å². The molecule has 118 valence electrons. The Hall–Kier alpha value is -1.77. The van der Waals surface area contributed by atoms with Crippen molar-refractivity contribution in [3.05, 3.63) is 47.5 Å². The zero-order chi connectivity index (χ0) is 15.4.